The Hall–Kier alpha value is -3.40. The molecule has 0 unspecified atom stereocenters. The van der Waals surface area contributed by atoms with E-state index in [9.17, 15) is 14.9 Å². The van der Waals surface area contributed by atoms with Crippen molar-refractivity contribution in [3.05, 3.63) is 46.0 Å². The number of carbonyl (C=O) groups excluding carboxylic acids is 1. The molecule has 2 aliphatic rings. The van der Waals surface area contributed by atoms with Crippen LogP contribution >= 0.6 is 11.3 Å². The van der Waals surface area contributed by atoms with Gasteiger partial charge in [-0.15, -0.1) is 0 Å². The van der Waals surface area contributed by atoms with Crippen molar-refractivity contribution in [3.63, 3.8) is 0 Å². The van der Waals surface area contributed by atoms with Crippen LogP contribution in [0.1, 0.15) is 29.6 Å². The lowest BCUT2D eigenvalue weighted by molar-refractivity contribution is -0.384. The topological polar surface area (TPSA) is 107 Å². The number of ether oxygens (including phenoxy) is 2. The highest BCUT2D eigenvalue weighted by molar-refractivity contribution is 7.22. The highest BCUT2D eigenvalue weighted by Gasteiger charge is 2.24. The van der Waals surface area contributed by atoms with E-state index in [2.05, 4.69) is 10.3 Å². The quantitative estimate of drug-likeness (QED) is 0.478. The molecule has 2 aliphatic heterocycles. The number of aromatic nitrogens is 1. The summed E-state index contributed by atoms with van der Waals surface area (Å²) in [5.74, 6) is 0.847. The fraction of sp³-hybridized carbons (Fsp3) is 0.333. The highest BCUT2D eigenvalue weighted by Crippen LogP contribution is 2.38. The number of nitrogens with one attached hydrogen (secondary N) is 1. The van der Waals surface area contributed by atoms with E-state index in [0.717, 1.165) is 37.1 Å². The predicted octanol–water partition coefficient (Wildman–Crippen LogP) is 4.22. The normalized spacial score (nSPS) is 15.7. The molecule has 3 aromatic rings. The number of anilines is 2. The number of piperidine rings is 1. The summed E-state index contributed by atoms with van der Waals surface area (Å²) < 4.78 is 12.0. The maximum Gasteiger partial charge on any atom is 0.293 e. The fourth-order valence-electron chi connectivity index (χ4n) is 3.90. The van der Waals surface area contributed by atoms with Gasteiger partial charge in [0.25, 0.3) is 11.6 Å². The Kier molecular flexibility index (Phi) is 5.06. The molecule has 0 saturated carbocycles. The van der Waals surface area contributed by atoms with Crippen molar-refractivity contribution >= 4 is 44.0 Å². The van der Waals surface area contributed by atoms with Crippen LogP contribution in [-0.2, 0) is 0 Å². The number of nitrogens with zero attached hydrogens (tertiary/aromatic N) is 3. The van der Waals surface area contributed by atoms with Crippen molar-refractivity contribution < 1.29 is 19.2 Å². The Morgan fingerprint density at radius 1 is 1.10 bits per heavy atom. The van der Waals surface area contributed by atoms with Crippen molar-refractivity contribution in [1.29, 1.82) is 0 Å². The van der Waals surface area contributed by atoms with E-state index in [1.165, 1.54) is 17.4 Å². The van der Waals surface area contributed by atoms with E-state index in [1.807, 2.05) is 11.0 Å². The van der Waals surface area contributed by atoms with Crippen LogP contribution in [0.15, 0.2) is 30.3 Å². The van der Waals surface area contributed by atoms with Gasteiger partial charge >= 0.3 is 0 Å². The first kappa shape index (κ1) is 19.6. The third kappa shape index (κ3) is 3.86. The van der Waals surface area contributed by atoms with Gasteiger partial charge in [0.1, 0.15) is 18.9 Å². The number of amides is 1. The van der Waals surface area contributed by atoms with Gasteiger partial charge in [0.15, 0.2) is 16.6 Å². The number of hydrogen-bond acceptors (Lipinski definition) is 8. The van der Waals surface area contributed by atoms with Crippen molar-refractivity contribution in [1.82, 2.24) is 4.98 Å². The number of thiazole rings is 1. The molecule has 1 fully saturated rings. The van der Waals surface area contributed by atoms with Crippen molar-refractivity contribution in [2.45, 2.75) is 19.3 Å². The molecule has 31 heavy (non-hydrogen) atoms. The van der Waals surface area contributed by atoms with E-state index < -0.39 is 10.8 Å². The van der Waals surface area contributed by atoms with Crippen LogP contribution in [-0.4, -0.2) is 42.1 Å². The third-order valence-electron chi connectivity index (χ3n) is 5.40. The molecule has 1 N–H and O–H groups in total. The minimum absolute atomic E-state index is 0.0548. The largest absolute Gasteiger partial charge is 0.486 e. The van der Waals surface area contributed by atoms with E-state index in [1.54, 1.807) is 18.2 Å². The highest BCUT2D eigenvalue weighted by atomic mass is 32.1. The van der Waals surface area contributed by atoms with Crippen LogP contribution in [0, 0.1) is 10.1 Å². The van der Waals surface area contributed by atoms with Gasteiger partial charge in [-0.1, -0.05) is 11.3 Å². The maximum absolute atomic E-state index is 12.8. The molecule has 160 valence electrons. The number of nitro benzene ring substituents is 1. The predicted molar refractivity (Wildman–Crippen MR) is 118 cm³/mol. The molecule has 0 atom stereocenters. The molecular weight excluding hydrogens is 420 g/mol. The summed E-state index contributed by atoms with van der Waals surface area (Å²) in [4.78, 5) is 30.5. The zero-order chi connectivity index (χ0) is 21.4. The smallest absolute Gasteiger partial charge is 0.293 e. The second kappa shape index (κ2) is 8.03. The molecule has 3 heterocycles. The van der Waals surface area contributed by atoms with Gasteiger partial charge in [0, 0.05) is 36.9 Å². The van der Waals surface area contributed by atoms with Gasteiger partial charge in [-0.3, -0.25) is 20.2 Å². The zero-order valence-corrected chi connectivity index (χ0v) is 17.4. The lowest BCUT2D eigenvalue weighted by Crippen LogP contribution is -2.30. The average Bonchev–Trinajstić information content (AvgIpc) is 3.18. The zero-order valence-electron chi connectivity index (χ0n) is 16.6. The summed E-state index contributed by atoms with van der Waals surface area (Å²) in [6, 6.07) is 8.26. The Morgan fingerprint density at radius 2 is 1.84 bits per heavy atom. The van der Waals surface area contributed by atoms with Crippen LogP contribution in [0.3, 0.4) is 0 Å². The minimum atomic E-state index is -0.440. The van der Waals surface area contributed by atoms with Gasteiger partial charge < -0.3 is 14.4 Å². The number of nitro groups is 1. The number of carbonyl (C=O) groups is 1. The van der Waals surface area contributed by atoms with Crippen molar-refractivity contribution in [2.24, 2.45) is 0 Å². The summed E-state index contributed by atoms with van der Waals surface area (Å²) in [6.45, 7) is 2.55. The van der Waals surface area contributed by atoms with E-state index in [4.69, 9.17) is 9.47 Å². The maximum atomic E-state index is 12.8. The molecule has 5 rings (SSSR count). The summed E-state index contributed by atoms with van der Waals surface area (Å²) in [5.41, 5.74) is 1.42. The molecule has 2 aromatic carbocycles. The van der Waals surface area contributed by atoms with Gasteiger partial charge in [0.2, 0.25) is 0 Å². The molecule has 9 nitrogen and oxygen atoms in total. The second-order valence-corrected chi connectivity index (χ2v) is 8.48. The van der Waals surface area contributed by atoms with Gasteiger partial charge in [-0.05, 0) is 31.4 Å². The van der Waals surface area contributed by atoms with E-state index in [-0.39, 0.29) is 11.3 Å². The third-order valence-corrected chi connectivity index (χ3v) is 6.34. The fourth-order valence-corrected chi connectivity index (χ4v) is 4.77. The first-order valence-electron chi connectivity index (χ1n) is 10.1. The second-order valence-electron chi connectivity index (χ2n) is 7.45. The molecule has 0 spiro atoms. The van der Waals surface area contributed by atoms with Gasteiger partial charge in [-0.25, -0.2) is 4.98 Å². The number of fused-ring (bicyclic) bond motifs is 2. The number of benzene rings is 2. The van der Waals surface area contributed by atoms with Gasteiger partial charge in [-0.2, -0.15) is 0 Å². The minimum Gasteiger partial charge on any atom is -0.486 e. The molecule has 1 amide bonds. The molecule has 0 aliphatic carbocycles. The summed E-state index contributed by atoms with van der Waals surface area (Å²) in [7, 11) is 0. The summed E-state index contributed by atoms with van der Waals surface area (Å²) >= 11 is 1.31. The summed E-state index contributed by atoms with van der Waals surface area (Å²) in [6.07, 6.45) is 3.15. The molecule has 10 heteroatoms. The SMILES string of the molecule is O=C(Nc1nc2cc3c(cc2s1)OCCO3)c1ccc(N2CCCCC2)c([N+](=O)[O-])c1. The van der Waals surface area contributed by atoms with Crippen LogP contribution in [0.2, 0.25) is 0 Å². The average molecular weight is 440 g/mol. The molecular formula is C21H20N4O5S. The van der Waals surface area contributed by atoms with Crippen LogP contribution in [0.4, 0.5) is 16.5 Å². The van der Waals surface area contributed by atoms with Gasteiger partial charge in [0.05, 0.1) is 15.1 Å². The lowest BCUT2D eigenvalue weighted by Gasteiger charge is -2.28. The molecule has 1 saturated heterocycles. The Morgan fingerprint density at radius 3 is 2.58 bits per heavy atom. The van der Waals surface area contributed by atoms with Crippen LogP contribution in [0.5, 0.6) is 11.5 Å². The Balaban J connectivity index is 1.39. The molecule has 0 radical (unpaired) electrons. The number of rotatable bonds is 4. The monoisotopic (exact) mass is 440 g/mol. The molecule has 1 aromatic heterocycles. The standard InChI is InChI=1S/C21H20N4O5S/c26-20(13-4-5-15(16(10-13)25(27)28)24-6-2-1-3-7-24)23-21-22-14-11-17-18(12-19(14)31-21)30-9-8-29-17/h4-5,10-12H,1-3,6-9H2,(H,22,23,26). The van der Waals surface area contributed by atoms with E-state index in [0.29, 0.717) is 41.0 Å². The van der Waals surface area contributed by atoms with Crippen molar-refractivity contribution in [2.75, 3.05) is 36.5 Å². The Labute approximate surface area is 181 Å². The van der Waals surface area contributed by atoms with Crippen molar-refractivity contribution in [3.8, 4) is 11.5 Å². The first-order chi connectivity index (χ1) is 15.1. The Bertz CT molecular complexity index is 1130. The van der Waals surface area contributed by atoms with Crippen LogP contribution in [0.25, 0.3) is 10.2 Å². The lowest BCUT2D eigenvalue weighted by atomic mass is 10.1. The summed E-state index contributed by atoms with van der Waals surface area (Å²) in [5, 5.41) is 14.8. The van der Waals surface area contributed by atoms with E-state index >= 15 is 0 Å². The number of hydrogen-bond donors (Lipinski definition) is 1. The van der Waals surface area contributed by atoms with Crippen LogP contribution < -0.4 is 19.7 Å². The molecule has 0 bridgehead atoms. The first-order valence-corrected chi connectivity index (χ1v) is 10.9.